The minimum absolute atomic E-state index is 0.139. The molecule has 4 heteroatoms. The molecule has 0 amide bonds. The minimum Gasteiger partial charge on any atom is -0.452 e. The van der Waals surface area contributed by atoms with Crippen LogP contribution < -0.4 is 0 Å². The maximum absolute atomic E-state index is 6.66. The highest BCUT2D eigenvalue weighted by atomic mass is 16.4. The Labute approximate surface area is 295 Å². The van der Waals surface area contributed by atoms with Crippen molar-refractivity contribution in [1.82, 2.24) is 9.97 Å². The van der Waals surface area contributed by atoms with E-state index in [1.54, 1.807) is 0 Å². The number of nitrogens with zero attached hydrogens (tertiary/aromatic N) is 2. The van der Waals surface area contributed by atoms with E-state index < -0.39 is 0 Å². The van der Waals surface area contributed by atoms with Crippen LogP contribution in [0.3, 0.4) is 0 Å². The summed E-state index contributed by atoms with van der Waals surface area (Å²) in [4.78, 5) is 10.1. The summed E-state index contributed by atoms with van der Waals surface area (Å²) in [5, 5.41) is 4.29. The predicted molar refractivity (Wildman–Crippen MR) is 208 cm³/mol. The van der Waals surface area contributed by atoms with Crippen molar-refractivity contribution in [1.29, 1.82) is 0 Å². The predicted octanol–water partition coefficient (Wildman–Crippen LogP) is 12.6. The fraction of sp³-hybridized carbons (Fsp3) is 0.0638. The van der Waals surface area contributed by atoms with Crippen molar-refractivity contribution in [3.05, 3.63) is 175 Å². The van der Waals surface area contributed by atoms with Crippen LogP contribution in [0.15, 0.2) is 173 Å². The molecule has 2 unspecified atom stereocenters. The Balaban J connectivity index is 1.06. The zero-order valence-electron chi connectivity index (χ0n) is 28.0. The summed E-state index contributed by atoms with van der Waals surface area (Å²) < 4.78 is 13.2. The van der Waals surface area contributed by atoms with Crippen molar-refractivity contribution >= 4 is 49.5 Å². The van der Waals surface area contributed by atoms with Crippen LogP contribution in [0, 0.1) is 5.92 Å². The van der Waals surface area contributed by atoms with Gasteiger partial charge in [0.15, 0.2) is 17.0 Å². The van der Waals surface area contributed by atoms with Crippen molar-refractivity contribution in [2.75, 3.05) is 0 Å². The number of fused-ring (bicyclic) bond motifs is 7. The second-order valence-corrected chi connectivity index (χ2v) is 13.4. The van der Waals surface area contributed by atoms with Gasteiger partial charge in [0.05, 0.1) is 11.4 Å². The number of rotatable bonds is 5. The highest BCUT2D eigenvalue weighted by molar-refractivity contribution is 6.19. The van der Waals surface area contributed by atoms with Gasteiger partial charge in [0, 0.05) is 38.6 Å². The zero-order valence-corrected chi connectivity index (χ0v) is 28.0. The van der Waals surface area contributed by atoms with E-state index >= 15 is 0 Å². The van der Waals surface area contributed by atoms with Gasteiger partial charge in [0.25, 0.3) is 0 Å². The quantitative estimate of drug-likeness (QED) is 0.185. The van der Waals surface area contributed by atoms with E-state index in [1.165, 1.54) is 11.1 Å². The van der Waals surface area contributed by atoms with E-state index in [9.17, 15) is 0 Å². The largest absolute Gasteiger partial charge is 0.452 e. The average molecular weight is 657 g/mol. The summed E-state index contributed by atoms with van der Waals surface area (Å²) in [5.74, 6) is 1.15. The Bertz CT molecular complexity index is 2750. The third kappa shape index (κ3) is 5.07. The van der Waals surface area contributed by atoms with E-state index in [-0.39, 0.29) is 5.92 Å². The van der Waals surface area contributed by atoms with Gasteiger partial charge in [-0.1, -0.05) is 134 Å². The topological polar surface area (TPSA) is 52.1 Å². The molecule has 10 rings (SSSR count). The van der Waals surface area contributed by atoms with E-state index in [1.807, 2.05) is 42.5 Å². The van der Waals surface area contributed by atoms with Crippen LogP contribution in [0.5, 0.6) is 0 Å². The Hall–Kier alpha value is -6.52. The van der Waals surface area contributed by atoms with E-state index in [0.717, 1.165) is 77.5 Å². The minimum atomic E-state index is 0.139. The van der Waals surface area contributed by atoms with Crippen LogP contribution in [-0.4, -0.2) is 9.97 Å². The van der Waals surface area contributed by atoms with Gasteiger partial charge in [-0.05, 0) is 64.6 Å². The van der Waals surface area contributed by atoms with Crippen LogP contribution in [-0.2, 0) is 0 Å². The van der Waals surface area contributed by atoms with Crippen molar-refractivity contribution in [3.8, 4) is 33.8 Å². The van der Waals surface area contributed by atoms with Gasteiger partial charge < -0.3 is 8.83 Å². The maximum Gasteiger partial charge on any atom is 0.178 e. The molecule has 9 aromatic rings. The first kappa shape index (κ1) is 29.4. The molecule has 242 valence electrons. The van der Waals surface area contributed by atoms with E-state index in [2.05, 4.69) is 128 Å². The lowest BCUT2D eigenvalue weighted by Gasteiger charge is -2.24. The van der Waals surface area contributed by atoms with Gasteiger partial charge in [-0.3, -0.25) is 0 Å². The maximum atomic E-state index is 6.66. The van der Waals surface area contributed by atoms with Crippen LogP contribution in [0.25, 0.3) is 83.2 Å². The van der Waals surface area contributed by atoms with Gasteiger partial charge >= 0.3 is 0 Å². The van der Waals surface area contributed by atoms with Gasteiger partial charge in [-0.2, -0.15) is 0 Å². The Morgan fingerprint density at radius 1 is 0.490 bits per heavy atom. The van der Waals surface area contributed by atoms with Crippen molar-refractivity contribution in [2.24, 2.45) is 5.92 Å². The summed E-state index contributed by atoms with van der Waals surface area (Å²) in [6.07, 6.45) is 6.84. The van der Waals surface area contributed by atoms with Crippen LogP contribution in [0.4, 0.5) is 0 Å². The lowest BCUT2D eigenvalue weighted by atomic mass is 9.81. The van der Waals surface area contributed by atoms with E-state index in [4.69, 9.17) is 18.8 Å². The molecule has 51 heavy (non-hydrogen) atoms. The average Bonchev–Trinajstić information content (AvgIpc) is 3.77. The van der Waals surface area contributed by atoms with Crippen molar-refractivity contribution < 1.29 is 8.83 Å². The SMILES string of the molecule is CC1C=CC(c2cc(-c3ccccc3)nc(-c3ccccc3)n2)=CC1c1ccc2c(c1)oc1c2ccc2c3ccc(-c4ccccc4)cc3oc21. The molecule has 0 saturated carbocycles. The van der Waals surface area contributed by atoms with Gasteiger partial charge in [0.2, 0.25) is 0 Å². The molecule has 0 N–H and O–H groups in total. The first-order chi connectivity index (χ1) is 25.2. The molecule has 0 spiro atoms. The number of benzene rings is 6. The highest BCUT2D eigenvalue weighted by Gasteiger charge is 2.23. The molecule has 0 bridgehead atoms. The zero-order chi connectivity index (χ0) is 33.9. The normalized spacial score (nSPS) is 16.0. The van der Waals surface area contributed by atoms with Gasteiger partial charge in [-0.15, -0.1) is 0 Å². The van der Waals surface area contributed by atoms with E-state index in [0.29, 0.717) is 11.7 Å². The monoisotopic (exact) mass is 656 g/mol. The van der Waals surface area contributed by atoms with Crippen molar-refractivity contribution in [3.63, 3.8) is 0 Å². The fourth-order valence-corrected chi connectivity index (χ4v) is 7.52. The summed E-state index contributed by atoms with van der Waals surface area (Å²) in [6.45, 7) is 2.27. The Kier molecular flexibility index (Phi) is 6.81. The number of hydrogen-bond acceptors (Lipinski definition) is 4. The first-order valence-electron chi connectivity index (χ1n) is 17.4. The van der Waals surface area contributed by atoms with Crippen LogP contribution >= 0.6 is 0 Å². The van der Waals surface area contributed by atoms with Crippen LogP contribution in [0.2, 0.25) is 0 Å². The molecule has 3 aromatic heterocycles. The van der Waals surface area contributed by atoms with Gasteiger partial charge in [-0.25, -0.2) is 9.97 Å². The Morgan fingerprint density at radius 2 is 1.06 bits per heavy atom. The summed E-state index contributed by atoms with van der Waals surface area (Å²) in [5.41, 5.74) is 11.7. The number of allylic oxidation sites excluding steroid dienone is 4. The molecule has 0 fully saturated rings. The number of furan rings is 2. The molecule has 0 saturated heterocycles. The third-order valence-corrected chi connectivity index (χ3v) is 10.2. The molecular formula is C47H32N2O2. The second kappa shape index (κ2) is 11.8. The number of hydrogen-bond donors (Lipinski definition) is 0. The van der Waals surface area contributed by atoms with Gasteiger partial charge in [0.1, 0.15) is 11.2 Å². The standard InChI is InChI=1S/C47H32N2O2/c1-29-17-18-35(42-28-41(31-13-7-3-8-14-31)48-47(49-42)32-15-9-4-10-16-32)25-40(29)34-20-22-37-39-24-23-38-36-21-19-33(30-11-5-2-6-12-30)26-43(36)50-45(38)46(39)51-44(37)27-34/h2-29,40H,1H3. The molecule has 3 heterocycles. The highest BCUT2D eigenvalue weighted by Crippen LogP contribution is 2.42. The molecular weight excluding hydrogens is 625 g/mol. The third-order valence-electron chi connectivity index (χ3n) is 10.2. The second-order valence-electron chi connectivity index (χ2n) is 13.4. The molecule has 1 aliphatic rings. The lowest BCUT2D eigenvalue weighted by Crippen LogP contribution is -2.10. The molecule has 2 atom stereocenters. The molecule has 6 aromatic carbocycles. The number of aromatic nitrogens is 2. The molecule has 1 aliphatic carbocycles. The van der Waals surface area contributed by atoms with Crippen molar-refractivity contribution in [2.45, 2.75) is 12.8 Å². The molecule has 4 nitrogen and oxygen atoms in total. The smallest absolute Gasteiger partial charge is 0.178 e. The lowest BCUT2D eigenvalue weighted by molar-refractivity contribution is 0.625. The molecule has 0 radical (unpaired) electrons. The molecule has 0 aliphatic heterocycles. The Morgan fingerprint density at radius 3 is 1.75 bits per heavy atom. The summed E-state index contributed by atoms with van der Waals surface area (Å²) in [6, 6.07) is 50.4. The fourth-order valence-electron chi connectivity index (χ4n) is 7.52. The summed E-state index contributed by atoms with van der Waals surface area (Å²) >= 11 is 0. The first-order valence-corrected chi connectivity index (χ1v) is 17.4. The summed E-state index contributed by atoms with van der Waals surface area (Å²) in [7, 11) is 0. The van der Waals surface area contributed by atoms with Crippen LogP contribution in [0.1, 0.15) is 24.1 Å².